The van der Waals surface area contributed by atoms with Crippen molar-refractivity contribution in [2.24, 2.45) is 0 Å². The van der Waals surface area contributed by atoms with E-state index in [-0.39, 0.29) is 11.6 Å². The number of ketones is 2. The lowest BCUT2D eigenvalue weighted by Crippen LogP contribution is -1.97. The van der Waals surface area contributed by atoms with Gasteiger partial charge < -0.3 is 0 Å². The lowest BCUT2D eigenvalue weighted by atomic mass is 10.1. The normalized spacial score (nSPS) is 11.2. The van der Waals surface area contributed by atoms with E-state index in [0.717, 1.165) is 25.7 Å². The smallest absolute Gasteiger partial charge is 0.155 e. The minimum atomic E-state index is 0.104. The van der Waals surface area contributed by atoms with Crippen LogP contribution in [0.3, 0.4) is 0 Å². The van der Waals surface area contributed by atoms with E-state index in [0.29, 0.717) is 12.8 Å². The zero-order valence-corrected chi connectivity index (χ0v) is 14.9. The summed E-state index contributed by atoms with van der Waals surface area (Å²) in [6.45, 7) is 4.41. The summed E-state index contributed by atoms with van der Waals surface area (Å²) in [4.78, 5) is 23.3. The minimum Gasteiger partial charge on any atom is -0.295 e. The predicted molar refractivity (Wildman–Crippen MR) is 95.1 cm³/mol. The molecule has 0 aromatic heterocycles. The molecule has 0 heterocycles. The number of unbranched alkanes of at least 4 members (excludes halogenated alkanes) is 10. The van der Waals surface area contributed by atoms with Gasteiger partial charge in [0.2, 0.25) is 0 Å². The van der Waals surface area contributed by atoms with E-state index in [9.17, 15) is 9.59 Å². The van der Waals surface area contributed by atoms with Gasteiger partial charge in [0.1, 0.15) is 0 Å². The summed E-state index contributed by atoms with van der Waals surface area (Å²) < 4.78 is 0. The number of hydrogen-bond acceptors (Lipinski definition) is 2. The molecule has 2 nitrogen and oxygen atoms in total. The Morgan fingerprint density at radius 1 is 0.545 bits per heavy atom. The van der Waals surface area contributed by atoms with E-state index >= 15 is 0 Å². The van der Waals surface area contributed by atoms with Gasteiger partial charge in [-0.25, -0.2) is 0 Å². The molecule has 0 radical (unpaired) electrons. The highest BCUT2D eigenvalue weighted by Gasteiger charge is 2.00. The van der Waals surface area contributed by atoms with Crippen molar-refractivity contribution >= 4 is 11.6 Å². The van der Waals surface area contributed by atoms with Gasteiger partial charge in [-0.2, -0.15) is 0 Å². The first-order chi connectivity index (χ1) is 10.7. The van der Waals surface area contributed by atoms with Gasteiger partial charge in [-0.05, 0) is 25.0 Å². The Kier molecular flexibility index (Phi) is 15.8. The molecular weight excluding hydrogens is 272 g/mol. The second-order valence-corrected chi connectivity index (χ2v) is 6.30. The van der Waals surface area contributed by atoms with Crippen molar-refractivity contribution in [3.8, 4) is 0 Å². The molecule has 0 rings (SSSR count). The molecule has 0 N–H and O–H groups in total. The molecule has 0 aliphatic carbocycles. The molecule has 0 aliphatic heterocycles. The third kappa shape index (κ3) is 15.5. The number of carbonyl (C=O) groups excluding carboxylic acids is 2. The van der Waals surface area contributed by atoms with Gasteiger partial charge >= 0.3 is 0 Å². The molecule has 0 atom stereocenters. The average molecular weight is 309 g/mol. The largest absolute Gasteiger partial charge is 0.295 e. The van der Waals surface area contributed by atoms with Gasteiger partial charge in [0.05, 0.1) is 0 Å². The second-order valence-electron chi connectivity index (χ2n) is 6.30. The summed E-state index contributed by atoms with van der Waals surface area (Å²) in [6, 6.07) is 0. The summed E-state index contributed by atoms with van der Waals surface area (Å²) in [5, 5.41) is 0. The second kappa shape index (κ2) is 16.5. The Balaban J connectivity index is 3.51. The molecule has 2 heteroatoms. The summed E-state index contributed by atoms with van der Waals surface area (Å²) in [7, 11) is 0. The van der Waals surface area contributed by atoms with Gasteiger partial charge in [0.15, 0.2) is 11.6 Å². The first kappa shape index (κ1) is 21.1. The van der Waals surface area contributed by atoms with Crippen molar-refractivity contribution in [3.05, 3.63) is 12.2 Å². The summed E-state index contributed by atoms with van der Waals surface area (Å²) in [5.41, 5.74) is 0. The Hall–Kier alpha value is -0.920. The maximum Gasteiger partial charge on any atom is 0.155 e. The zero-order valence-electron chi connectivity index (χ0n) is 14.9. The molecule has 0 saturated heterocycles. The SMILES string of the molecule is CCCCCCCCC(=O)/C=C/C(=O)CCCCCCCC. The fourth-order valence-electron chi connectivity index (χ4n) is 2.51. The van der Waals surface area contributed by atoms with Crippen molar-refractivity contribution < 1.29 is 9.59 Å². The van der Waals surface area contributed by atoms with Crippen LogP contribution in [0.1, 0.15) is 104 Å². The Morgan fingerprint density at radius 2 is 0.864 bits per heavy atom. The van der Waals surface area contributed by atoms with Crippen LogP contribution < -0.4 is 0 Å². The molecule has 0 bridgehead atoms. The standard InChI is InChI=1S/C20H36O2/c1-3-5-7-9-11-13-15-19(21)17-18-20(22)16-14-12-10-8-6-4-2/h17-18H,3-16H2,1-2H3/b18-17+. The van der Waals surface area contributed by atoms with E-state index in [1.165, 1.54) is 63.5 Å². The molecule has 0 aromatic carbocycles. The quantitative estimate of drug-likeness (QED) is 0.252. The monoisotopic (exact) mass is 308 g/mol. The maximum absolute atomic E-state index is 11.6. The van der Waals surface area contributed by atoms with Crippen LogP contribution in [0.2, 0.25) is 0 Å². The van der Waals surface area contributed by atoms with Crippen LogP contribution in [0.15, 0.2) is 12.2 Å². The topological polar surface area (TPSA) is 34.1 Å². The Morgan fingerprint density at radius 3 is 1.23 bits per heavy atom. The van der Waals surface area contributed by atoms with E-state index in [1.54, 1.807) is 0 Å². The van der Waals surface area contributed by atoms with Crippen LogP contribution >= 0.6 is 0 Å². The van der Waals surface area contributed by atoms with Gasteiger partial charge in [0, 0.05) is 12.8 Å². The van der Waals surface area contributed by atoms with Crippen LogP contribution in [0.25, 0.3) is 0 Å². The van der Waals surface area contributed by atoms with Gasteiger partial charge in [-0.15, -0.1) is 0 Å². The van der Waals surface area contributed by atoms with E-state index in [1.807, 2.05) is 0 Å². The molecular formula is C20H36O2. The molecule has 0 unspecified atom stereocenters. The number of allylic oxidation sites excluding steroid dienone is 2. The fourth-order valence-corrected chi connectivity index (χ4v) is 2.51. The molecule has 0 fully saturated rings. The first-order valence-electron chi connectivity index (χ1n) is 9.44. The Labute approximate surface area is 137 Å². The molecule has 0 aliphatic rings. The first-order valence-corrected chi connectivity index (χ1v) is 9.44. The van der Waals surface area contributed by atoms with Crippen molar-refractivity contribution in [1.82, 2.24) is 0 Å². The molecule has 0 saturated carbocycles. The van der Waals surface area contributed by atoms with Crippen molar-refractivity contribution in [2.45, 2.75) is 104 Å². The van der Waals surface area contributed by atoms with Crippen molar-refractivity contribution in [3.63, 3.8) is 0 Å². The van der Waals surface area contributed by atoms with Gasteiger partial charge in [-0.1, -0.05) is 78.1 Å². The van der Waals surface area contributed by atoms with E-state index in [2.05, 4.69) is 13.8 Å². The minimum absolute atomic E-state index is 0.104. The lowest BCUT2D eigenvalue weighted by Gasteiger charge is -1.99. The number of carbonyl (C=O) groups is 2. The van der Waals surface area contributed by atoms with Crippen LogP contribution in [-0.4, -0.2) is 11.6 Å². The molecule has 0 spiro atoms. The third-order valence-corrected chi connectivity index (χ3v) is 4.01. The highest BCUT2D eigenvalue weighted by atomic mass is 16.1. The van der Waals surface area contributed by atoms with Crippen molar-refractivity contribution in [1.29, 1.82) is 0 Å². The van der Waals surface area contributed by atoms with Crippen molar-refractivity contribution in [2.75, 3.05) is 0 Å². The van der Waals surface area contributed by atoms with E-state index in [4.69, 9.17) is 0 Å². The molecule has 22 heavy (non-hydrogen) atoms. The Bertz CT molecular complexity index is 275. The summed E-state index contributed by atoms with van der Waals surface area (Å²) >= 11 is 0. The molecule has 0 amide bonds. The number of hydrogen-bond donors (Lipinski definition) is 0. The zero-order chi connectivity index (χ0) is 16.5. The number of rotatable bonds is 16. The fraction of sp³-hybridized carbons (Fsp3) is 0.800. The lowest BCUT2D eigenvalue weighted by molar-refractivity contribution is -0.116. The van der Waals surface area contributed by atoms with E-state index < -0.39 is 0 Å². The summed E-state index contributed by atoms with van der Waals surface area (Å²) in [6.07, 6.45) is 18.4. The van der Waals surface area contributed by atoms with Gasteiger partial charge in [0.25, 0.3) is 0 Å². The molecule has 128 valence electrons. The molecule has 0 aromatic rings. The highest BCUT2D eigenvalue weighted by molar-refractivity contribution is 5.98. The highest BCUT2D eigenvalue weighted by Crippen LogP contribution is 2.09. The van der Waals surface area contributed by atoms with Crippen LogP contribution in [0.4, 0.5) is 0 Å². The third-order valence-electron chi connectivity index (χ3n) is 4.01. The van der Waals surface area contributed by atoms with Crippen LogP contribution in [0.5, 0.6) is 0 Å². The van der Waals surface area contributed by atoms with Gasteiger partial charge in [-0.3, -0.25) is 9.59 Å². The maximum atomic E-state index is 11.6. The predicted octanol–water partition coefficient (Wildman–Crippen LogP) is 6.18. The van der Waals surface area contributed by atoms with Crippen LogP contribution in [0, 0.1) is 0 Å². The summed E-state index contributed by atoms with van der Waals surface area (Å²) in [5.74, 6) is 0.207. The van der Waals surface area contributed by atoms with Crippen LogP contribution in [-0.2, 0) is 9.59 Å². The average Bonchev–Trinajstić information content (AvgIpc) is 2.52.